The molecule has 0 aromatic heterocycles. The lowest BCUT2D eigenvalue weighted by molar-refractivity contribution is -0.100. The first-order valence-electron chi connectivity index (χ1n) is 7.45. The topological polar surface area (TPSA) is 30.5 Å². The van der Waals surface area contributed by atoms with Gasteiger partial charge in [-0.2, -0.15) is 0 Å². The van der Waals surface area contributed by atoms with Crippen molar-refractivity contribution in [3.63, 3.8) is 0 Å². The van der Waals surface area contributed by atoms with E-state index >= 15 is 0 Å². The molecule has 1 aliphatic carbocycles. The second kappa shape index (κ2) is 6.15. The summed E-state index contributed by atoms with van der Waals surface area (Å²) in [4.78, 5) is 0. The van der Waals surface area contributed by atoms with Crippen LogP contribution in [0.1, 0.15) is 45.2 Å². The zero-order valence-electron chi connectivity index (χ0n) is 13.3. The summed E-state index contributed by atoms with van der Waals surface area (Å²) in [5, 5.41) is 3.79. The average molecular weight is 277 g/mol. The molecule has 0 spiro atoms. The van der Waals surface area contributed by atoms with E-state index in [1.807, 2.05) is 19.2 Å². The predicted octanol–water partition coefficient (Wildman–Crippen LogP) is 3.55. The van der Waals surface area contributed by atoms with E-state index in [-0.39, 0.29) is 5.41 Å². The maximum Gasteiger partial charge on any atom is 0.118 e. The highest BCUT2D eigenvalue weighted by Gasteiger charge is 2.48. The maximum absolute atomic E-state index is 5.53. The molecule has 3 unspecified atom stereocenters. The van der Waals surface area contributed by atoms with E-state index in [9.17, 15) is 0 Å². The van der Waals surface area contributed by atoms with Gasteiger partial charge in [-0.1, -0.05) is 32.9 Å². The first-order chi connectivity index (χ1) is 9.52. The largest absolute Gasteiger partial charge is 0.497 e. The van der Waals surface area contributed by atoms with Crippen molar-refractivity contribution in [2.45, 2.75) is 51.8 Å². The van der Waals surface area contributed by atoms with Crippen LogP contribution >= 0.6 is 0 Å². The summed E-state index contributed by atoms with van der Waals surface area (Å²) in [6.45, 7) is 6.79. The third kappa shape index (κ3) is 2.84. The molecule has 2 rings (SSSR count). The van der Waals surface area contributed by atoms with E-state index < -0.39 is 0 Å². The van der Waals surface area contributed by atoms with Crippen molar-refractivity contribution in [1.29, 1.82) is 0 Å². The molecule has 0 bridgehead atoms. The molecule has 0 saturated heterocycles. The summed E-state index contributed by atoms with van der Waals surface area (Å²) in [5.74, 6) is 0.909. The molecular formula is C17H27NO2. The van der Waals surface area contributed by atoms with Gasteiger partial charge in [0.2, 0.25) is 0 Å². The molecule has 0 radical (unpaired) electrons. The molecule has 1 N–H and O–H groups in total. The highest BCUT2D eigenvalue weighted by Crippen LogP contribution is 2.43. The molecule has 1 aromatic rings. The Morgan fingerprint density at radius 2 is 1.90 bits per heavy atom. The molecule has 0 aliphatic heterocycles. The minimum Gasteiger partial charge on any atom is -0.497 e. The van der Waals surface area contributed by atoms with E-state index in [2.05, 4.69) is 38.2 Å². The number of rotatable bonds is 6. The molecule has 1 fully saturated rings. The number of ether oxygens (including phenoxy) is 2. The summed E-state index contributed by atoms with van der Waals surface area (Å²) in [5.41, 5.74) is 1.53. The van der Waals surface area contributed by atoms with Gasteiger partial charge in [0, 0.05) is 24.6 Å². The van der Waals surface area contributed by atoms with E-state index in [4.69, 9.17) is 9.47 Å². The molecule has 1 aliphatic rings. The lowest BCUT2D eigenvalue weighted by atomic mass is 9.64. The summed E-state index contributed by atoms with van der Waals surface area (Å²) in [6, 6.07) is 9.27. The highest BCUT2D eigenvalue weighted by atomic mass is 16.5. The molecule has 0 heterocycles. The molecule has 1 aromatic carbocycles. The van der Waals surface area contributed by atoms with Gasteiger partial charge >= 0.3 is 0 Å². The zero-order valence-corrected chi connectivity index (χ0v) is 13.3. The second-order valence-corrected chi connectivity index (χ2v) is 6.23. The standard InChI is InChI=1S/C17H27NO2/c1-6-14(12-7-9-13(19-4)10-8-12)18-15-11-16(20-5)17(15,2)3/h7-10,14-16,18H,6,11H2,1-5H3. The quantitative estimate of drug-likeness (QED) is 0.862. The van der Waals surface area contributed by atoms with Crippen LogP contribution in [0, 0.1) is 5.41 Å². The third-order valence-corrected chi connectivity index (χ3v) is 4.79. The normalized spacial score (nSPS) is 25.9. The summed E-state index contributed by atoms with van der Waals surface area (Å²) in [6.07, 6.45) is 2.54. The van der Waals surface area contributed by atoms with E-state index in [0.29, 0.717) is 18.2 Å². The molecule has 20 heavy (non-hydrogen) atoms. The first kappa shape index (κ1) is 15.3. The van der Waals surface area contributed by atoms with Gasteiger partial charge in [0.1, 0.15) is 5.75 Å². The van der Waals surface area contributed by atoms with Crippen molar-refractivity contribution in [3.8, 4) is 5.75 Å². The SMILES string of the molecule is CCC(NC1CC(OC)C1(C)C)c1ccc(OC)cc1. The van der Waals surface area contributed by atoms with Gasteiger partial charge in [-0.05, 0) is 30.5 Å². The van der Waals surface area contributed by atoms with Crippen LogP contribution in [0.2, 0.25) is 0 Å². The van der Waals surface area contributed by atoms with Gasteiger partial charge < -0.3 is 14.8 Å². The summed E-state index contributed by atoms with van der Waals surface area (Å²) < 4.78 is 10.7. The fourth-order valence-corrected chi connectivity index (χ4v) is 3.10. The van der Waals surface area contributed by atoms with Crippen LogP contribution in [0.4, 0.5) is 0 Å². The van der Waals surface area contributed by atoms with Gasteiger partial charge in [0.05, 0.1) is 13.2 Å². The van der Waals surface area contributed by atoms with Crippen molar-refractivity contribution in [2.75, 3.05) is 14.2 Å². The highest BCUT2D eigenvalue weighted by molar-refractivity contribution is 5.29. The van der Waals surface area contributed by atoms with E-state index in [0.717, 1.165) is 18.6 Å². The van der Waals surface area contributed by atoms with Crippen LogP contribution in [-0.4, -0.2) is 26.4 Å². The Balaban J connectivity index is 2.02. The van der Waals surface area contributed by atoms with Gasteiger partial charge in [-0.25, -0.2) is 0 Å². The lowest BCUT2D eigenvalue weighted by Crippen LogP contribution is -2.61. The van der Waals surface area contributed by atoms with Gasteiger partial charge in [0.15, 0.2) is 0 Å². The van der Waals surface area contributed by atoms with Crippen LogP contribution < -0.4 is 10.1 Å². The summed E-state index contributed by atoms with van der Waals surface area (Å²) in [7, 11) is 3.51. The Morgan fingerprint density at radius 3 is 2.35 bits per heavy atom. The molecule has 3 nitrogen and oxygen atoms in total. The molecule has 0 amide bonds. The van der Waals surface area contributed by atoms with Crippen LogP contribution in [0.5, 0.6) is 5.75 Å². The number of hydrogen-bond acceptors (Lipinski definition) is 3. The third-order valence-electron chi connectivity index (χ3n) is 4.79. The molecule has 1 saturated carbocycles. The molecular weight excluding hydrogens is 250 g/mol. The van der Waals surface area contributed by atoms with Crippen LogP contribution in [0.25, 0.3) is 0 Å². The fraction of sp³-hybridized carbons (Fsp3) is 0.647. The van der Waals surface area contributed by atoms with Crippen molar-refractivity contribution in [3.05, 3.63) is 29.8 Å². The monoisotopic (exact) mass is 277 g/mol. The Labute approximate surface area is 122 Å². The number of hydrogen-bond donors (Lipinski definition) is 1. The Kier molecular flexibility index (Phi) is 4.71. The van der Waals surface area contributed by atoms with Crippen LogP contribution in [0.15, 0.2) is 24.3 Å². The second-order valence-electron chi connectivity index (χ2n) is 6.23. The average Bonchev–Trinajstić information content (AvgIpc) is 2.47. The molecule has 112 valence electrons. The van der Waals surface area contributed by atoms with Crippen molar-refractivity contribution in [2.24, 2.45) is 5.41 Å². The number of methoxy groups -OCH3 is 2. The first-order valence-corrected chi connectivity index (χ1v) is 7.45. The van der Waals surface area contributed by atoms with E-state index in [1.54, 1.807) is 7.11 Å². The predicted molar refractivity (Wildman–Crippen MR) is 82.1 cm³/mol. The van der Waals surface area contributed by atoms with Crippen molar-refractivity contribution >= 4 is 0 Å². The minimum atomic E-state index is 0.203. The maximum atomic E-state index is 5.53. The Hall–Kier alpha value is -1.06. The van der Waals surface area contributed by atoms with Crippen LogP contribution in [-0.2, 0) is 4.74 Å². The minimum absolute atomic E-state index is 0.203. The molecule has 3 atom stereocenters. The Morgan fingerprint density at radius 1 is 1.25 bits per heavy atom. The van der Waals surface area contributed by atoms with Gasteiger partial charge in [-0.15, -0.1) is 0 Å². The zero-order chi connectivity index (χ0) is 14.8. The Bertz CT molecular complexity index is 427. The van der Waals surface area contributed by atoms with E-state index in [1.165, 1.54) is 5.56 Å². The summed E-state index contributed by atoms with van der Waals surface area (Å²) >= 11 is 0. The number of nitrogens with one attached hydrogen (secondary N) is 1. The van der Waals surface area contributed by atoms with Gasteiger partial charge in [0.25, 0.3) is 0 Å². The van der Waals surface area contributed by atoms with Crippen molar-refractivity contribution < 1.29 is 9.47 Å². The van der Waals surface area contributed by atoms with Gasteiger partial charge in [-0.3, -0.25) is 0 Å². The fourth-order valence-electron chi connectivity index (χ4n) is 3.10. The van der Waals surface area contributed by atoms with Crippen LogP contribution in [0.3, 0.4) is 0 Å². The number of benzene rings is 1. The smallest absolute Gasteiger partial charge is 0.118 e. The van der Waals surface area contributed by atoms with Crippen molar-refractivity contribution in [1.82, 2.24) is 5.32 Å². The molecule has 3 heteroatoms. The lowest BCUT2D eigenvalue weighted by Gasteiger charge is -2.52.